The van der Waals surface area contributed by atoms with Crippen LogP contribution in [0.1, 0.15) is 5.69 Å². The van der Waals surface area contributed by atoms with Gasteiger partial charge in [-0.3, -0.25) is 13.4 Å². The molecule has 0 aliphatic carbocycles. The average Bonchev–Trinajstić information content (AvgIpc) is 3.14. The van der Waals surface area contributed by atoms with E-state index in [1.807, 2.05) is 13.0 Å². The minimum atomic E-state index is -4.78. The molecule has 0 aliphatic heterocycles. The molecule has 0 unspecified atom stereocenters. The van der Waals surface area contributed by atoms with E-state index in [1.165, 1.54) is 30.3 Å². The van der Waals surface area contributed by atoms with Crippen molar-refractivity contribution in [1.29, 1.82) is 0 Å². The van der Waals surface area contributed by atoms with Crippen molar-refractivity contribution in [3.63, 3.8) is 0 Å². The second-order valence-corrected chi connectivity index (χ2v) is 11.6. The molecule has 2 N–H and O–H groups in total. The maximum Gasteiger partial charge on any atom is 0.345 e. The van der Waals surface area contributed by atoms with Crippen molar-refractivity contribution in [3.8, 4) is 5.82 Å². The van der Waals surface area contributed by atoms with Crippen LogP contribution in [0.2, 0.25) is 10.0 Å². The number of sulfonamides is 1. The summed E-state index contributed by atoms with van der Waals surface area (Å²) in [4.78, 5) is 18.9. The van der Waals surface area contributed by atoms with Gasteiger partial charge in [0, 0.05) is 21.6 Å². The summed E-state index contributed by atoms with van der Waals surface area (Å²) in [6.07, 6.45) is 0.682. The SMILES string of the molecule is Cc1ccc(-n2ccc3cc(N(CP(=O)(O)O)S(=O)(=O)c4cc(Cl)cc(Cl)c4)ccc32)nn1. The van der Waals surface area contributed by atoms with Crippen molar-refractivity contribution in [2.24, 2.45) is 0 Å². The van der Waals surface area contributed by atoms with E-state index in [4.69, 9.17) is 23.2 Å². The maximum atomic E-state index is 13.4. The quantitative estimate of drug-likeness (QED) is 0.357. The Morgan fingerprint density at radius 1 is 1.00 bits per heavy atom. The molecule has 0 bridgehead atoms. The van der Waals surface area contributed by atoms with Gasteiger partial charge in [0.1, 0.15) is 6.29 Å². The molecule has 13 heteroatoms. The van der Waals surface area contributed by atoms with Crippen molar-refractivity contribution in [2.45, 2.75) is 11.8 Å². The first-order valence-electron chi connectivity index (χ1n) is 9.39. The van der Waals surface area contributed by atoms with Gasteiger partial charge in [-0.1, -0.05) is 23.2 Å². The number of rotatable bonds is 6. The van der Waals surface area contributed by atoms with Gasteiger partial charge in [-0.15, -0.1) is 5.10 Å². The largest absolute Gasteiger partial charge is 0.345 e. The van der Waals surface area contributed by atoms with Crippen molar-refractivity contribution in [1.82, 2.24) is 14.8 Å². The summed E-state index contributed by atoms with van der Waals surface area (Å²) >= 11 is 11.9. The third-order valence-electron chi connectivity index (χ3n) is 4.73. The molecule has 0 atom stereocenters. The van der Waals surface area contributed by atoms with Gasteiger partial charge in [-0.05, 0) is 61.5 Å². The number of aryl methyl sites for hydroxylation is 1. The van der Waals surface area contributed by atoms with Gasteiger partial charge in [-0.2, -0.15) is 5.10 Å². The van der Waals surface area contributed by atoms with Crippen LogP contribution in [0.15, 0.2) is 65.7 Å². The van der Waals surface area contributed by atoms with Crippen LogP contribution in [-0.4, -0.2) is 39.3 Å². The standard InChI is InChI=1S/C20H17Cl2N4O5PS/c1-13-2-5-20(24-23-13)25-7-6-14-8-17(3-4-19(14)25)26(12-32(27,28)29)33(30,31)18-10-15(21)9-16(22)11-18/h2-11H,12H2,1H3,(H2,27,28,29). The molecule has 0 saturated carbocycles. The number of benzene rings is 2. The lowest BCUT2D eigenvalue weighted by Crippen LogP contribution is -2.32. The van der Waals surface area contributed by atoms with Gasteiger partial charge < -0.3 is 9.79 Å². The smallest absolute Gasteiger partial charge is 0.323 e. The van der Waals surface area contributed by atoms with Gasteiger partial charge in [0.05, 0.1) is 21.8 Å². The van der Waals surface area contributed by atoms with Crippen LogP contribution < -0.4 is 4.31 Å². The Labute approximate surface area is 199 Å². The second-order valence-electron chi connectivity index (χ2n) is 7.23. The number of hydrogen-bond donors (Lipinski definition) is 2. The van der Waals surface area contributed by atoms with Crippen LogP contribution in [0.4, 0.5) is 5.69 Å². The van der Waals surface area contributed by atoms with E-state index in [1.54, 1.807) is 29.0 Å². The fraction of sp³-hybridized carbons (Fsp3) is 0.100. The maximum absolute atomic E-state index is 13.4. The number of nitrogens with zero attached hydrogens (tertiary/aromatic N) is 4. The summed E-state index contributed by atoms with van der Waals surface area (Å²) in [6.45, 7) is 1.82. The van der Waals surface area contributed by atoms with Crippen molar-refractivity contribution >= 4 is 57.4 Å². The van der Waals surface area contributed by atoms with Crippen LogP contribution in [0, 0.1) is 6.92 Å². The number of hydrogen-bond acceptors (Lipinski definition) is 5. The predicted octanol–water partition coefficient (Wildman–Crippen LogP) is 4.37. The molecule has 2 aromatic heterocycles. The van der Waals surface area contributed by atoms with Crippen LogP contribution in [-0.2, 0) is 14.6 Å². The molecule has 9 nitrogen and oxygen atoms in total. The van der Waals surface area contributed by atoms with E-state index in [0.717, 1.165) is 5.69 Å². The molecule has 2 aromatic carbocycles. The third-order valence-corrected chi connectivity index (χ3v) is 7.76. The van der Waals surface area contributed by atoms with Crippen molar-refractivity contribution < 1.29 is 22.8 Å². The highest BCUT2D eigenvalue weighted by Gasteiger charge is 2.32. The van der Waals surface area contributed by atoms with Gasteiger partial charge >= 0.3 is 7.60 Å². The highest BCUT2D eigenvalue weighted by molar-refractivity contribution is 7.93. The molecule has 0 fully saturated rings. The Morgan fingerprint density at radius 2 is 1.70 bits per heavy atom. The van der Waals surface area contributed by atoms with Crippen molar-refractivity contribution in [3.05, 3.63) is 76.5 Å². The molecule has 4 rings (SSSR count). The fourth-order valence-corrected chi connectivity index (χ4v) is 6.68. The Bertz CT molecular complexity index is 1480. The molecular weight excluding hydrogens is 510 g/mol. The lowest BCUT2D eigenvalue weighted by Gasteiger charge is -2.25. The van der Waals surface area contributed by atoms with Crippen LogP contribution in [0.5, 0.6) is 0 Å². The summed E-state index contributed by atoms with van der Waals surface area (Å²) < 4.78 is 40.9. The Hall–Kier alpha value is -2.46. The molecule has 172 valence electrons. The van der Waals surface area contributed by atoms with E-state index in [2.05, 4.69) is 10.2 Å². The van der Waals surface area contributed by atoms with E-state index in [-0.39, 0.29) is 20.6 Å². The van der Waals surface area contributed by atoms with E-state index >= 15 is 0 Å². The lowest BCUT2D eigenvalue weighted by molar-refractivity contribution is 0.373. The van der Waals surface area contributed by atoms with Gasteiger partial charge in [-0.25, -0.2) is 8.42 Å². The van der Waals surface area contributed by atoms with Gasteiger partial charge in [0.25, 0.3) is 10.0 Å². The third kappa shape index (κ3) is 5.06. The fourth-order valence-electron chi connectivity index (χ4n) is 3.27. The van der Waals surface area contributed by atoms with E-state index < -0.39 is 23.9 Å². The van der Waals surface area contributed by atoms with E-state index in [0.29, 0.717) is 21.0 Å². The molecule has 2 heterocycles. The normalized spacial score (nSPS) is 12.3. The minimum absolute atomic E-state index is 0.0645. The monoisotopic (exact) mass is 526 g/mol. The summed E-state index contributed by atoms with van der Waals surface area (Å²) in [5, 5.41) is 8.97. The van der Waals surface area contributed by atoms with Crippen LogP contribution >= 0.6 is 30.8 Å². The van der Waals surface area contributed by atoms with Crippen LogP contribution in [0.3, 0.4) is 0 Å². The number of halogens is 2. The highest BCUT2D eigenvalue weighted by atomic mass is 35.5. The minimum Gasteiger partial charge on any atom is -0.323 e. The predicted molar refractivity (Wildman–Crippen MR) is 127 cm³/mol. The summed E-state index contributed by atoms with van der Waals surface area (Å²) in [5.41, 5.74) is 1.53. The summed E-state index contributed by atoms with van der Waals surface area (Å²) in [7, 11) is -9.19. The Balaban J connectivity index is 1.83. The zero-order valence-electron chi connectivity index (χ0n) is 17.0. The zero-order valence-corrected chi connectivity index (χ0v) is 20.2. The number of anilines is 1. The first kappa shape index (κ1) is 23.7. The number of aromatic nitrogens is 3. The number of fused-ring (bicyclic) bond motifs is 1. The zero-order chi connectivity index (χ0) is 24.0. The summed E-state index contributed by atoms with van der Waals surface area (Å²) in [5.74, 6) is 0.566. The van der Waals surface area contributed by atoms with Gasteiger partial charge in [0.2, 0.25) is 0 Å². The molecule has 4 aromatic rings. The first-order chi connectivity index (χ1) is 15.4. The van der Waals surface area contributed by atoms with Crippen molar-refractivity contribution in [2.75, 3.05) is 10.6 Å². The molecule has 0 radical (unpaired) electrons. The molecule has 0 amide bonds. The molecule has 0 spiro atoms. The highest BCUT2D eigenvalue weighted by Crippen LogP contribution is 2.40. The Morgan fingerprint density at radius 3 is 2.30 bits per heavy atom. The topological polar surface area (TPSA) is 126 Å². The second kappa shape index (κ2) is 8.72. The molecular formula is C20H17Cl2N4O5PS. The average molecular weight is 527 g/mol. The lowest BCUT2D eigenvalue weighted by atomic mass is 10.2. The molecule has 0 saturated heterocycles. The first-order valence-corrected chi connectivity index (χ1v) is 13.4. The summed E-state index contributed by atoms with van der Waals surface area (Å²) in [6, 6.07) is 13.7. The van der Waals surface area contributed by atoms with E-state index in [9.17, 15) is 22.8 Å². The Kier molecular flexibility index (Phi) is 6.26. The molecule has 0 aliphatic rings. The van der Waals surface area contributed by atoms with Crippen LogP contribution in [0.25, 0.3) is 16.7 Å². The van der Waals surface area contributed by atoms with Gasteiger partial charge in [0.15, 0.2) is 5.82 Å². The molecule has 33 heavy (non-hydrogen) atoms.